The minimum atomic E-state index is -1.80. The fourth-order valence-electron chi connectivity index (χ4n) is 7.49. The van der Waals surface area contributed by atoms with Crippen molar-refractivity contribution in [3.8, 4) is 0 Å². The zero-order chi connectivity index (χ0) is 48.2. The van der Waals surface area contributed by atoms with Crippen LogP contribution in [0, 0.1) is 0 Å². The summed E-state index contributed by atoms with van der Waals surface area (Å²) in [4.78, 5) is 13.2. The van der Waals surface area contributed by atoms with Crippen molar-refractivity contribution in [2.45, 2.75) is 216 Å². The van der Waals surface area contributed by atoms with Gasteiger partial charge in [0.05, 0.1) is 32.0 Å². The van der Waals surface area contributed by atoms with Gasteiger partial charge in [-0.15, -0.1) is 0 Å². The van der Waals surface area contributed by atoms with Crippen molar-refractivity contribution >= 4 is 5.91 Å². The van der Waals surface area contributed by atoms with E-state index in [1.807, 2.05) is 6.08 Å². The molecule has 2 heterocycles. The summed E-state index contributed by atoms with van der Waals surface area (Å²) >= 11 is 0. The topological polar surface area (TPSA) is 228 Å². The lowest BCUT2D eigenvalue weighted by Gasteiger charge is -2.46. The van der Waals surface area contributed by atoms with Gasteiger partial charge in [-0.1, -0.05) is 137 Å². The Morgan fingerprint density at radius 1 is 0.561 bits per heavy atom. The largest absolute Gasteiger partial charge is 0.394 e. The van der Waals surface area contributed by atoms with Crippen molar-refractivity contribution in [2.75, 3.05) is 19.8 Å². The summed E-state index contributed by atoms with van der Waals surface area (Å²) < 4.78 is 22.6. The van der Waals surface area contributed by atoms with Gasteiger partial charge in [-0.25, -0.2) is 0 Å². The molecule has 9 N–H and O–H groups in total. The van der Waals surface area contributed by atoms with Gasteiger partial charge >= 0.3 is 0 Å². The molecule has 0 aromatic carbocycles. The fourth-order valence-corrected chi connectivity index (χ4v) is 7.49. The highest BCUT2D eigenvalue weighted by Crippen LogP contribution is 2.30. The van der Waals surface area contributed by atoms with Crippen LogP contribution >= 0.6 is 0 Å². The third kappa shape index (κ3) is 25.0. The zero-order valence-corrected chi connectivity index (χ0v) is 39.9. The number of hydrogen-bond acceptors (Lipinski definition) is 13. The van der Waals surface area contributed by atoms with E-state index in [2.05, 4.69) is 92.1 Å². The van der Waals surface area contributed by atoms with Gasteiger partial charge in [-0.2, -0.15) is 0 Å². The van der Waals surface area contributed by atoms with Crippen molar-refractivity contribution in [3.05, 3.63) is 85.1 Å². The molecular formula is C52H87NO13. The average Bonchev–Trinajstić information content (AvgIpc) is 3.31. The molecule has 14 nitrogen and oxygen atoms in total. The highest BCUT2D eigenvalue weighted by Gasteiger charge is 2.51. The number of allylic oxidation sites excluding steroid dienone is 13. The van der Waals surface area contributed by atoms with Crippen molar-refractivity contribution in [2.24, 2.45) is 0 Å². The molecule has 66 heavy (non-hydrogen) atoms. The summed E-state index contributed by atoms with van der Waals surface area (Å²) in [6, 6.07) is -0.949. The van der Waals surface area contributed by atoms with E-state index in [0.29, 0.717) is 12.8 Å². The first-order valence-corrected chi connectivity index (χ1v) is 24.8. The van der Waals surface area contributed by atoms with E-state index < -0.39 is 86.8 Å². The van der Waals surface area contributed by atoms with Gasteiger partial charge in [0.1, 0.15) is 48.8 Å². The molecular weight excluding hydrogens is 847 g/mol. The number of carbonyl (C=O) groups is 1. The monoisotopic (exact) mass is 934 g/mol. The van der Waals surface area contributed by atoms with E-state index in [0.717, 1.165) is 89.9 Å². The van der Waals surface area contributed by atoms with E-state index in [4.69, 9.17) is 18.9 Å². The third-order valence-electron chi connectivity index (χ3n) is 11.5. The lowest BCUT2D eigenvalue weighted by molar-refractivity contribution is -0.359. The van der Waals surface area contributed by atoms with Crippen molar-refractivity contribution in [1.82, 2.24) is 5.32 Å². The van der Waals surface area contributed by atoms with Crippen LogP contribution in [0.5, 0.6) is 0 Å². The van der Waals surface area contributed by atoms with E-state index in [1.165, 1.54) is 19.3 Å². The molecule has 2 fully saturated rings. The van der Waals surface area contributed by atoms with Gasteiger partial charge < -0.3 is 65.1 Å². The molecule has 14 heteroatoms. The molecule has 0 spiro atoms. The molecule has 0 aromatic heterocycles. The van der Waals surface area contributed by atoms with Crippen molar-refractivity contribution in [3.63, 3.8) is 0 Å². The van der Waals surface area contributed by atoms with Crippen LogP contribution < -0.4 is 5.32 Å². The maximum atomic E-state index is 13.2. The summed E-state index contributed by atoms with van der Waals surface area (Å²) in [5.41, 5.74) is 0. The number of ether oxygens (including phenoxy) is 4. The normalized spacial score (nSPS) is 27.5. The Morgan fingerprint density at radius 3 is 1.67 bits per heavy atom. The quantitative estimate of drug-likeness (QED) is 0.0252. The third-order valence-corrected chi connectivity index (χ3v) is 11.5. The standard InChI is InChI=1S/C52H87NO13/c1-3-5-7-9-11-13-15-17-18-19-20-21-22-24-26-28-30-32-34-36-44(57)53-40(41(56)35-33-31-29-27-25-23-16-14-12-10-8-6-4-2)39-63-51-49(62)47(60)50(43(38-55)65-51)66-52-48(61)46(59)45(58)42(37-54)64-52/h5,7,11-14,17-18,20-21,25,27,33,35,40-43,45-52,54-56,58-62H,3-4,6,8-10,15-16,19,22-24,26,28-32,34,36-39H2,1-2H3,(H,53,57)/b7-5-,13-11-,14-12+,18-17-,21-20-,27-25+,35-33+. The smallest absolute Gasteiger partial charge is 0.220 e. The maximum Gasteiger partial charge on any atom is 0.220 e. The molecule has 2 rings (SSSR count). The Balaban J connectivity index is 1.87. The SMILES string of the molecule is CC/C=C\C/C=C\C/C=C\C/C=C\CCCCCCCCC(=O)NC(COC1OC(CO)C(OC2OC(CO)C(O)C(O)C2O)C(O)C1O)C(O)/C=C/CC/C=C/CC/C=C/CCCCC. The molecule has 1 amide bonds. The lowest BCUT2D eigenvalue weighted by atomic mass is 9.97. The Hall–Kier alpha value is -2.83. The fraction of sp³-hybridized carbons (Fsp3) is 0.712. The van der Waals surface area contributed by atoms with Gasteiger partial charge in [-0.3, -0.25) is 4.79 Å². The molecule has 0 saturated carbocycles. The van der Waals surface area contributed by atoms with E-state index in [-0.39, 0.29) is 18.9 Å². The van der Waals surface area contributed by atoms with Gasteiger partial charge in [0, 0.05) is 6.42 Å². The Labute approximate surface area is 395 Å². The molecule has 2 aliphatic heterocycles. The Kier molecular flexibility index (Phi) is 34.2. The first kappa shape index (κ1) is 59.3. The number of amides is 1. The second-order valence-corrected chi connectivity index (χ2v) is 17.2. The highest BCUT2D eigenvalue weighted by atomic mass is 16.7. The predicted molar refractivity (Wildman–Crippen MR) is 258 cm³/mol. The maximum absolute atomic E-state index is 13.2. The van der Waals surface area contributed by atoms with E-state index in [1.54, 1.807) is 6.08 Å². The second-order valence-electron chi connectivity index (χ2n) is 17.2. The zero-order valence-electron chi connectivity index (χ0n) is 39.9. The highest BCUT2D eigenvalue weighted by molar-refractivity contribution is 5.76. The van der Waals surface area contributed by atoms with E-state index >= 15 is 0 Å². The molecule has 12 unspecified atom stereocenters. The first-order valence-electron chi connectivity index (χ1n) is 24.8. The number of rotatable bonds is 36. The number of hydrogen-bond donors (Lipinski definition) is 9. The van der Waals surface area contributed by atoms with Gasteiger partial charge in [0.15, 0.2) is 12.6 Å². The van der Waals surface area contributed by atoms with Crippen LogP contribution in [0.2, 0.25) is 0 Å². The Morgan fingerprint density at radius 2 is 1.06 bits per heavy atom. The number of aliphatic hydroxyl groups excluding tert-OH is 8. The van der Waals surface area contributed by atoms with Gasteiger partial charge in [0.25, 0.3) is 0 Å². The number of unbranched alkanes of at least 4 members (excludes halogenated alkanes) is 11. The predicted octanol–water partition coefficient (Wildman–Crippen LogP) is 6.21. The van der Waals surface area contributed by atoms with Gasteiger partial charge in [-0.05, 0) is 83.5 Å². The molecule has 0 radical (unpaired) electrons. The molecule has 378 valence electrons. The van der Waals surface area contributed by atoms with E-state index in [9.17, 15) is 45.6 Å². The van der Waals surface area contributed by atoms with Crippen LogP contribution in [0.15, 0.2) is 85.1 Å². The summed E-state index contributed by atoms with van der Waals surface area (Å²) in [7, 11) is 0. The van der Waals surface area contributed by atoms with Crippen molar-refractivity contribution in [1.29, 1.82) is 0 Å². The number of nitrogens with one attached hydrogen (secondary N) is 1. The molecule has 0 aromatic rings. The molecule has 0 bridgehead atoms. The summed E-state index contributed by atoms with van der Waals surface area (Å²) in [6.45, 7) is 2.57. The molecule has 2 aliphatic rings. The van der Waals surface area contributed by atoms with Crippen LogP contribution in [-0.4, -0.2) is 140 Å². The van der Waals surface area contributed by atoms with Crippen molar-refractivity contribution < 1.29 is 64.6 Å². The molecule has 2 saturated heterocycles. The minimum absolute atomic E-state index is 0.248. The summed E-state index contributed by atoms with van der Waals surface area (Å²) in [5.74, 6) is -0.274. The first-order chi connectivity index (χ1) is 32.1. The summed E-state index contributed by atoms with van der Waals surface area (Å²) in [6.07, 6.45) is 31.9. The number of aliphatic hydroxyl groups is 8. The Bertz CT molecular complexity index is 1430. The summed E-state index contributed by atoms with van der Waals surface area (Å²) in [5, 5.41) is 86.6. The second kappa shape index (κ2) is 38.1. The van der Waals surface area contributed by atoms with Crippen LogP contribution in [0.3, 0.4) is 0 Å². The van der Waals surface area contributed by atoms with Gasteiger partial charge in [0.2, 0.25) is 5.91 Å². The van der Waals surface area contributed by atoms with Crippen LogP contribution in [-0.2, 0) is 23.7 Å². The molecule has 0 aliphatic carbocycles. The van der Waals surface area contributed by atoms with Crippen LogP contribution in [0.1, 0.15) is 142 Å². The molecule has 12 atom stereocenters. The average molecular weight is 934 g/mol. The lowest BCUT2D eigenvalue weighted by Crippen LogP contribution is -2.65. The number of carbonyl (C=O) groups excluding carboxylic acids is 1. The minimum Gasteiger partial charge on any atom is -0.394 e. The van der Waals surface area contributed by atoms with Crippen LogP contribution in [0.4, 0.5) is 0 Å². The van der Waals surface area contributed by atoms with Crippen LogP contribution in [0.25, 0.3) is 0 Å².